The molecule has 1 unspecified atom stereocenters. The number of carbonyl (C=O) groups is 1. The van der Waals surface area contributed by atoms with E-state index in [4.69, 9.17) is 0 Å². The third kappa shape index (κ3) is 4.09. The smallest absolute Gasteiger partial charge is 0.263 e. The number of hydrogen-bond acceptors (Lipinski definition) is 5. The van der Waals surface area contributed by atoms with Crippen LogP contribution in [0.1, 0.15) is 39.3 Å². The number of rotatable bonds is 4. The van der Waals surface area contributed by atoms with Crippen LogP contribution in [0.4, 0.5) is 0 Å². The van der Waals surface area contributed by atoms with Crippen LogP contribution in [0.3, 0.4) is 0 Å². The van der Waals surface area contributed by atoms with Crippen LogP contribution in [0.15, 0.2) is 47.8 Å². The van der Waals surface area contributed by atoms with Gasteiger partial charge in [0.2, 0.25) is 0 Å². The molecule has 1 N–H and O–H groups in total. The Hall–Kier alpha value is -2.51. The average Bonchev–Trinajstić information content (AvgIpc) is 3.32. The van der Waals surface area contributed by atoms with Crippen LogP contribution in [0.5, 0.6) is 0 Å². The predicted octanol–water partition coefficient (Wildman–Crippen LogP) is 3.26. The van der Waals surface area contributed by atoms with Crippen molar-refractivity contribution in [3.63, 3.8) is 0 Å². The molecule has 1 aliphatic rings. The summed E-state index contributed by atoms with van der Waals surface area (Å²) in [5.74, 6) is 1.66. The Morgan fingerprint density at radius 3 is 2.78 bits per heavy atom. The summed E-state index contributed by atoms with van der Waals surface area (Å²) in [7, 11) is 0. The molecule has 7 heteroatoms. The molecule has 0 spiro atoms. The lowest BCUT2D eigenvalue weighted by atomic mass is 10.1. The summed E-state index contributed by atoms with van der Waals surface area (Å²) < 4.78 is 0. The number of benzene rings is 1. The van der Waals surface area contributed by atoms with Crippen LogP contribution in [-0.2, 0) is 6.54 Å². The lowest BCUT2D eigenvalue weighted by molar-refractivity contribution is 0.0731. The van der Waals surface area contributed by atoms with E-state index in [1.165, 1.54) is 16.9 Å². The summed E-state index contributed by atoms with van der Waals surface area (Å²) in [5, 5.41) is 9.32. The van der Waals surface area contributed by atoms with E-state index in [9.17, 15) is 4.79 Å². The number of aryl methyl sites for hydroxylation is 1. The van der Waals surface area contributed by atoms with Gasteiger partial charge in [-0.3, -0.25) is 14.8 Å². The van der Waals surface area contributed by atoms with Crippen LogP contribution in [0.2, 0.25) is 0 Å². The average molecular weight is 382 g/mol. The second-order valence-corrected chi connectivity index (χ2v) is 7.78. The molecule has 1 amide bonds. The van der Waals surface area contributed by atoms with Crippen molar-refractivity contribution in [2.45, 2.75) is 25.9 Å². The molecule has 1 atom stereocenters. The number of nitrogens with zero attached hydrogens (tertiary/aromatic N) is 4. The SMILES string of the molecule is Cc1nc(C2CN(C(=O)c3cccs3)CCCN2Cc2ccccc2)n[nH]1. The molecule has 1 aromatic carbocycles. The zero-order chi connectivity index (χ0) is 18.6. The molecule has 6 nitrogen and oxygen atoms in total. The maximum absolute atomic E-state index is 12.9. The number of H-pyrrole nitrogens is 1. The second kappa shape index (κ2) is 8.02. The molecular weight excluding hydrogens is 358 g/mol. The Labute approximate surface area is 162 Å². The summed E-state index contributed by atoms with van der Waals surface area (Å²) in [6.07, 6.45) is 0.934. The van der Waals surface area contributed by atoms with E-state index in [-0.39, 0.29) is 11.9 Å². The number of aromatic amines is 1. The predicted molar refractivity (Wildman–Crippen MR) is 106 cm³/mol. The van der Waals surface area contributed by atoms with Gasteiger partial charge in [-0.05, 0) is 30.4 Å². The third-order valence-corrected chi connectivity index (χ3v) is 5.73. The highest BCUT2D eigenvalue weighted by atomic mass is 32.1. The molecule has 1 aliphatic heterocycles. The first-order chi connectivity index (χ1) is 13.2. The van der Waals surface area contributed by atoms with Crippen LogP contribution in [-0.4, -0.2) is 50.5 Å². The molecule has 1 fully saturated rings. The van der Waals surface area contributed by atoms with E-state index in [1.54, 1.807) is 0 Å². The number of nitrogens with one attached hydrogen (secondary N) is 1. The molecule has 3 heterocycles. The number of hydrogen-bond donors (Lipinski definition) is 1. The Kier molecular flexibility index (Phi) is 5.31. The van der Waals surface area contributed by atoms with Crippen molar-refractivity contribution in [2.75, 3.05) is 19.6 Å². The van der Waals surface area contributed by atoms with E-state index in [0.717, 1.165) is 42.6 Å². The maximum Gasteiger partial charge on any atom is 0.263 e. The van der Waals surface area contributed by atoms with E-state index in [2.05, 4.69) is 44.3 Å². The molecule has 2 aromatic heterocycles. The van der Waals surface area contributed by atoms with Gasteiger partial charge in [-0.1, -0.05) is 36.4 Å². The first-order valence-corrected chi connectivity index (χ1v) is 10.1. The Morgan fingerprint density at radius 1 is 1.22 bits per heavy atom. The van der Waals surface area contributed by atoms with Crippen molar-refractivity contribution in [3.05, 3.63) is 69.9 Å². The lowest BCUT2D eigenvalue weighted by Crippen LogP contribution is -2.37. The molecule has 27 heavy (non-hydrogen) atoms. The van der Waals surface area contributed by atoms with Gasteiger partial charge in [-0.2, -0.15) is 5.10 Å². The van der Waals surface area contributed by atoms with Gasteiger partial charge in [0.1, 0.15) is 5.82 Å². The fraction of sp³-hybridized carbons (Fsp3) is 0.350. The highest BCUT2D eigenvalue weighted by Crippen LogP contribution is 2.26. The molecule has 1 saturated heterocycles. The van der Waals surface area contributed by atoms with Crippen molar-refractivity contribution < 1.29 is 4.79 Å². The molecule has 140 valence electrons. The molecule has 0 radical (unpaired) electrons. The van der Waals surface area contributed by atoms with E-state index in [1.807, 2.05) is 35.4 Å². The van der Waals surface area contributed by atoms with E-state index >= 15 is 0 Å². The molecule has 0 aliphatic carbocycles. The fourth-order valence-electron chi connectivity index (χ4n) is 3.54. The Balaban J connectivity index is 1.60. The molecule has 0 bridgehead atoms. The van der Waals surface area contributed by atoms with Crippen LogP contribution >= 0.6 is 11.3 Å². The summed E-state index contributed by atoms with van der Waals surface area (Å²) in [4.78, 5) is 22.6. The van der Waals surface area contributed by atoms with Crippen LogP contribution < -0.4 is 0 Å². The monoisotopic (exact) mass is 381 g/mol. The first-order valence-electron chi connectivity index (χ1n) is 9.20. The molecule has 3 aromatic rings. The molecular formula is C20H23N5OS. The zero-order valence-corrected chi connectivity index (χ0v) is 16.2. The largest absolute Gasteiger partial charge is 0.336 e. The number of thiophene rings is 1. The quantitative estimate of drug-likeness (QED) is 0.753. The zero-order valence-electron chi connectivity index (χ0n) is 15.3. The minimum atomic E-state index is -0.0263. The standard InChI is InChI=1S/C20H23N5OS/c1-15-21-19(23-22-15)17-14-25(20(26)18-9-5-12-27-18)11-6-10-24(17)13-16-7-3-2-4-8-16/h2-5,7-9,12,17H,6,10-11,13-14H2,1H3,(H,21,22,23). The highest BCUT2D eigenvalue weighted by molar-refractivity contribution is 7.12. The summed E-state index contributed by atoms with van der Waals surface area (Å²) >= 11 is 1.49. The topological polar surface area (TPSA) is 65.1 Å². The van der Waals surface area contributed by atoms with Gasteiger partial charge in [0.25, 0.3) is 5.91 Å². The molecule has 0 saturated carbocycles. The number of carbonyl (C=O) groups excluding carboxylic acids is 1. The first kappa shape index (κ1) is 17.9. The summed E-state index contributed by atoms with van der Waals surface area (Å²) in [6.45, 7) is 4.98. The van der Waals surface area contributed by atoms with Crippen LogP contribution in [0, 0.1) is 6.92 Å². The van der Waals surface area contributed by atoms with Gasteiger partial charge in [0, 0.05) is 26.2 Å². The van der Waals surface area contributed by atoms with Gasteiger partial charge in [-0.25, -0.2) is 4.98 Å². The van der Waals surface area contributed by atoms with Crippen molar-refractivity contribution in [2.24, 2.45) is 0 Å². The fourth-order valence-corrected chi connectivity index (χ4v) is 4.23. The highest BCUT2D eigenvalue weighted by Gasteiger charge is 2.31. The maximum atomic E-state index is 12.9. The minimum absolute atomic E-state index is 0.0263. The molecule has 4 rings (SSSR count). The Morgan fingerprint density at radius 2 is 2.07 bits per heavy atom. The number of aromatic nitrogens is 3. The lowest BCUT2D eigenvalue weighted by Gasteiger charge is -2.29. The van der Waals surface area contributed by atoms with Crippen molar-refractivity contribution in [1.29, 1.82) is 0 Å². The second-order valence-electron chi connectivity index (χ2n) is 6.83. The van der Waals surface area contributed by atoms with Gasteiger partial charge >= 0.3 is 0 Å². The van der Waals surface area contributed by atoms with Crippen molar-refractivity contribution in [1.82, 2.24) is 25.0 Å². The Bertz CT molecular complexity index is 877. The minimum Gasteiger partial charge on any atom is -0.336 e. The van der Waals surface area contributed by atoms with Crippen LogP contribution in [0.25, 0.3) is 0 Å². The number of amides is 1. The summed E-state index contributed by atoms with van der Waals surface area (Å²) in [5.41, 5.74) is 1.26. The van der Waals surface area contributed by atoms with Crippen molar-refractivity contribution in [3.8, 4) is 0 Å². The van der Waals surface area contributed by atoms with E-state index < -0.39 is 0 Å². The third-order valence-electron chi connectivity index (χ3n) is 4.87. The normalized spacial score (nSPS) is 18.4. The summed E-state index contributed by atoms with van der Waals surface area (Å²) in [6, 6.07) is 14.2. The van der Waals surface area contributed by atoms with Gasteiger partial charge < -0.3 is 4.90 Å². The van der Waals surface area contributed by atoms with Gasteiger partial charge in [0.05, 0.1) is 10.9 Å². The van der Waals surface area contributed by atoms with Crippen molar-refractivity contribution >= 4 is 17.2 Å². The van der Waals surface area contributed by atoms with Gasteiger partial charge in [0.15, 0.2) is 5.82 Å². The van der Waals surface area contributed by atoms with E-state index in [0.29, 0.717) is 6.54 Å². The van der Waals surface area contributed by atoms with Gasteiger partial charge in [-0.15, -0.1) is 11.3 Å².